The summed E-state index contributed by atoms with van der Waals surface area (Å²) < 4.78 is 19.3. The lowest BCUT2D eigenvalue weighted by Gasteiger charge is -2.32. The molecule has 1 saturated carbocycles. The van der Waals surface area contributed by atoms with E-state index in [9.17, 15) is 4.39 Å². The van der Waals surface area contributed by atoms with Crippen molar-refractivity contribution < 1.29 is 9.13 Å². The average molecular weight is 281 g/mol. The van der Waals surface area contributed by atoms with Gasteiger partial charge in [-0.1, -0.05) is 0 Å². The molecule has 2 N–H and O–H groups in total. The number of hydrogen-bond acceptors (Lipinski definition) is 5. The van der Waals surface area contributed by atoms with Gasteiger partial charge in [0.15, 0.2) is 0 Å². The van der Waals surface area contributed by atoms with Gasteiger partial charge in [-0.3, -0.25) is 4.99 Å². The first-order chi connectivity index (χ1) is 9.02. The third-order valence-electron chi connectivity index (χ3n) is 4.11. The largest absolute Gasteiger partial charge is 0.397 e. The molecule has 0 unspecified atom stereocenters. The fourth-order valence-corrected chi connectivity index (χ4v) is 4.30. The Morgan fingerprint density at radius 3 is 3.16 bits per heavy atom. The second-order valence-electron chi connectivity index (χ2n) is 5.36. The van der Waals surface area contributed by atoms with Gasteiger partial charge in [0.2, 0.25) is 5.95 Å². The standard InChI is InChI=1S/C13H16FN3OS/c1-12(9-3-8(15)5-16-11(9)14)10-4-13(10,6-18-2)19-7-17-12/h3,5,7,10H,4,6,15H2,1-2H3/t10-,12+,13+/m0/s1. The summed E-state index contributed by atoms with van der Waals surface area (Å²) in [4.78, 5) is 8.25. The zero-order valence-corrected chi connectivity index (χ0v) is 11.7. The molecule has 0 radical (unpaired) electrons. The van der Waals surface area contributed by atoms with E-state index < -0.39 is 11.5 Å². The van der Waals surface area contributed by atoms with Gasteiger partial charge in [-0.25, -0.2) is 4.98 Å². The molecule has 1 aromatic heterocycles. The van der Waals surface area contributed by atoms with Crippen molar-refractivity contribution in [2.24, 2.45) is 10.9 Å². The predicted octanol–water partition coefficient (Wildman–Crippen LogP) is 2.20. The predicted molar refractivity (Wildman–Crippen MR) is 74.8 cm³/mol. The number of halogens is 1. The zero-order chi connectivity index (χ0) is 13.7. The van der Waals surface area contributed by atoms with Gasteiger partial charge in [-0.2, -0.15) is 4.39 Å². The number of anilines is 1. The Bertz CT molecular complexity index is 553. The molecule has 1 aromatic rings. The van der Waals surface area contributed by atoms with Gasteiger partial charge >= 0.3 is 0 Å². The maximum Gasteiger partial charge on any atom is 0.218 e. The molecule has 0 spiro atoms. The molecule has 4 nitrogen and oxygen atoms in total. The fourth-order valence-electron chi connectivity index (χ4n) is 2.97. The van der Waals surface area contributed by atoms with E-state index in [1.807, 2.05) is 12.5 Å². The van der Waals surface area contributed by atoms with Crippen molar-refractivity contribution in [3.05, 3.63) is 23.8 Å². The normalized spacial score (nSPS) is 36.1. The topological polar surface area (TPSA) is 60.5 Å². The van der Waals surface area contributed by atoms with Crippen molar-refractivity contribution >= 4 is 23.0 Å². The van der Waals surface area contributed by atoms with Crippen LogP contribution in [0.5, 0.6) is 0 Å². The first-order valence-electron chi connectivity index (χ1n) is 6.14. The highest BCUT2D eigenvalue weighted by atomic mass is 32.2. The Hall–Kier alpha value is -1.14. The minimum atomic E-state index is -0.601. The average Bonchev–Trinajstić information content (AvgIpc) is 3.09. The molecular formula is C13H16FN3OS. The Labute approximate surface area is 115 Å². The number of nitrogen functional groups attached to an aromatic ring is 1. The number of rotatable bonds is 3. The summed E-state index contributed by atoms with van der Waals surface area (Å²) in [6.45, 7) is 2.60. The number of ether oxygens (including phenoxy) is 1. The number of aromatic nitrogens is 1. The number of nitrogens with zero attached hydrogens (tertiary/aromatic N) is 2. The summed E-state index contributed by atoms with van der Waals surface area (Å²) in [5.41, 5.74) is 7.88. The number of hydrogen-bond donors (Lipinski definition) is 1. The molecule has 0 amide bonds. The van der Waals surface area contributed by atoms with Gasteiger partial charge in [-0.15, -0.1) is 11.8 Å². The molecule has 3 rings (SSSR count). The van der Waals surface area contributed by atoms with E-state index in [1.54, 1.807) is 24.9 Å². The number of pyridine rings is 1. The minimum absolute atomic E-state index is 0.0301. The second-order valence-corrected chi connectivity index (χ2v) is 6.62. The summed E-state index contributed by atoms with van der Waals surface area (Å²) in [5.74, 6) is -0.230. The molecule has 19 heavy (non-hydrogen) atoms. The van der Waals surface area contributed by atoms with Crippen LogP contribution in [0.25, 0.3) is 0 Å². The van der Waals surface area contributed by atoms with Crippen molar-refractivity contribution in [3.63, 3.8) is 0 Å². The summed E-state index contributed by atoms with van der Waals surface area (Å²) >= 11 is 1.68. The van der Waals surface area contributed by atoms with Crippen LogP contribution < -0.4 is 5.73 Å². The van der Waals surface area contributed by atoms with E-state index in [-0.39, 0.29) is 10.7 Å². The van der Waals surface area contributed by atoms with Gasteiger partial charge in [0.25, 0.3) is 0 Å². The first kappa shape index (κ1) is 12.9. The van der Waals surface area contributed by atoms with Crippen LogP contribution in [0.1, 0.15) is 18.9 Å². The van der Waals surface area contributed by atoms with E-state index in [2.05, 4.69) is 9.98 Å². The highest BCUT2D eigenvalue weighted by molar-refractivity contribution is 8.13. The molecule has 1 fully saturated rings. The molecule has 1 aliphatic carbocycles. The van der Waals surface area contributed by atoms with Crippen LogP contribution in [0.4, 0.5) is 10.1 Å². The maximum atomic E-state index is 14.0. The van der Waals surface area contributed by atoms with Crippen LogP contribution in [0.3, 0.4) is 0 Å². The molecule has 102 valence electrons. The number of nitrogens with two attached hydrogens (primary N) is 1. The van der Waals surface area contributed by atoms with Crippen molar-refractivity contribution in [2.75, 3.05) is 19.5 Å². The summed E-state index contributed by atoms with van der Waals surface area (Å²) in [5, 5.41) is 0. The second kappa shape index (κ2) is 4.18. The van der Waals surface area contributed by atoms with E-state index in [1.165, 1.54) is 6.20 Å². The number of methoxy groups -OCH3 is 1. The van der Waals surface area contributed by atoms with Crippen LogP contribution in [0, 0.1) is 11.9 Å². The molecule has 0 bridgehead atoms. The number of aliphatic imine (C=N–C) groups is 1. The lowest BCUT2D eigenvalue weighted by Crippen LogP contribution is -2.33. The highest BCUT2D eigenvalue weighted by Crippen LogP contribution is 2.65. The zero-order valence-electron chi connectivity index (χ0n) is 10.9. The van der Waals surface area contributed by atoms with Crippen molar-refractivity contribution in [1.29, 1.82) is 0 Å². The van der Waals surface area contributed by atoms with Gasteiger partial charge in [0, 0.05) is 18.6 Å². The SMILES string of the molecule is COC[C@]12C[C@H]1[C@@](C)(c1cc(N)cnc1F)N=CS2. The van der Waals surface area contributed by atoms with E-state index in [0.717, 1.165) is 6.42 Å². The molecule has 0 saturated heterocycles. The lowest BCUT2D eigenvalue weighted by molar-refractivity contribution is 0.184. The van der Waals surface area contributed by atoms with Gasteiger partial charge in [0.05, 0.1) is 34.3 Å². The van der Waals surface area contributed by atoms with Crippen LogP contribution >= 0.6 is 11.8 Å². The third-order valence-corrected chi connectivity index (χ3v) is 5.35. The highest BCUT2D eigenvalue weighted by Gasteiger charge is 2.65. The molecule has 0 aromatic carbocycles. The first-order valence-corrected chi connectivity index (χ1v) is 7.02. The Balaban J connectivity index is 2.02. The van der Waals surface area contributed by atoms with Crippen molar-refractivity contribution in [3.8, 4) is 0 Å². The van der Waals surface area contributed by atoms with Crippen LogP contribution in [0.2, 0.25) is 0 Å². The van der Waals surface area contributed by atoms with Gasteiger partial charge < -0.3 is 10.5 Å². The fraction of sp³-hybridized carbons (Fsp3) is 0.538. The smallest absolute Gasteiger partial charge is 0.218 e. The molecule has 2 aliphatic rings. The molecule has 6 heteroatoms. The Kier molecular flexibility index (Phi) is 2.83. The molecular weight excluding hydrogens is 265 g/mol. The summed E-state index contributed by atoms with van der Waals surface area (Å²) in [7, 11) is 1.69. The summed E-state index contributed by atoms with van der Waals surface area (Å²) in [6.07, 6.45) is 2.30. The number of thioether (sulfide) groups is 1. The molecule has 2 heterocycles. The lowest BCUT2D eigenvalue weighted by atomic mass is 9.87. The van der Waals surface area contributed by atoms with Crippen molar-refractivity contribution in [2.45, 2.75) is 23.6 Å². The quantitative estimate of drug-likeness (QED) is 0.863. The Morgan fingerprint density at radius 2 is 2.42 bits per heavy atom. The third kappa shape index (κ3) is 1.85. The molecule has 1 aliphatic heterocycles. The van der Waals surface area contributed by atoms with E-state index in [4.69, 9.17) is 10.5 Å². The number of fused-ring (bicyclic) bond motifs is 1. The van der Waals surface area contributed by atoms with Crippen LogP contribution in [0.15, 0.2) is 17.3 Å². The van der Waals surface area contributed by atoms with Crippen LogP contribution in [-0.2, 0) is 10.3 Å². The minimum Gasteiger partial charge on any atom is -0.397 e. The molecule has 3 atom stereocenters. The van der Waals surface area contributed by atoms with E-state index >= 15 is 0 Å². The summed E-state index contributed by atoms with van der Waals surface area (Å²) in [6, 6.07) is 1.64. The van der Waals surface area contributed by atoms with Crippen LogP contribution in [-0.4, -0.2) is 29.0 Å². The maximum absolute atomic E-state index is 14.0. The van der Waals surface area contributed by atoms with Gasteiger partial charge in [0.1, 0.15) is 0 Å². The van der Waals surface area contributed by atoms with E-state index in [0.29, 0.717) is 17.9 Å². The van der Waals surface area contributed by atoms with Gasteiger partial charge in [-0.05, 0) is 19.4 Å². The monoisotopic (exact) mass is 281 g/mol. The van der Waals surface area contributed by atoms with Crippen molar-refractivity contribution in [1.82, 2.24) is 4.98 Å². The Morgan fingerprint density at radius 1 is 1.63 bits per heavy atom.